The fourth-order valence-corrected chi connectivity index (χ4v) is 1.10. The van der Waals surface area contributed by atoms with Gasteiger partial charge in [0.15, 0.2) is 12.0 Å². The summed E-state index contributed by atoms with van der Waals surface area (Å²) in [5.74, 6) is 0.565. The molecule has 1 aliphatic rings. The number of phenols is 1. The molecular weight excluding hydrogens is 170 g/mol. The summed E-state index contributed by atoms with van der Waals surface area (Å²) in [5.41, 5.74) is 0.709. The van der Waals surface area contributed by atoms with E-state index in [2.05, 4.69) is 5.32 Å². The molecule has 0 saturated heterocycles. The highest BCUT2D eigenvalue weighted by Gasteiger charge is 2.14. The van der Waals surface area contributed by atoms with Crippen molar-refractivity contribution >= 4 is 12.0 Å². The first-order valence-electron chi connectivity index (χ1n) is 3.72. The van der Waals surface area contributed by atoms with Crippen LogP contribution in [0.2, 0.25) is 0 Å². The third kappa shape index (κ3) is 1.22. The Hall–Kier alpha value is -1.97. The quantitative estimate of drug-likeness (QED) is 0.500. The Labute approximate surface area is 74.4 Å². The topological polar surface area (TPSA) is 58.6 Å². The van der Waals surface area contributed by atoms with Crippen LogP contribution in [0.5, 0.6) is 11.5 Å². The zero-order chi connectivity index (χ0) is 9.26. The van der Waals surface area contributed by atoms with E-state index in [0.717, 1.165) is 0 Å². The number of hydrogen-bond acceptors (Lipinski definition) is 4. The molecule has 66 valence electrons. The van der Waals surface area contributed by atoms with Crippen LogP contribution in [-0.2, 0) is 4.79 Å². The summed E-state index contributed by atoms with van der Waals surface area (Å²) in [5, 5.41) is 12.1. The molecule has 1 heterocycles. The first-order valence-corrected chi connectivity index (χ1v) is 3.72. The minimum Gasteiger partial charge on any atom is -0.506 e. The number of allylic oxidation sites excluding steroid dienone is 1. The fraction of sp³-hybridized carbons (Fsp3) is 0. The number of fused-ring (bicyclic) bond motifs is 1. The summed E-state index contributed by atoms with van der Waals surface area (Å²) in [6.07, 6.45) is 1.92. The molecule has 0 saturated carbocycles. The molecule has 4 heteroatoms. The molecular formula is C9H7NO3. The van der Waals surface area contributed by atoms with Crippen LogP contribution in [0.25, 0.3) is 0 Å². The van der Waals surface area contributed by atoms with Crippen molar-refractivity contribution < 1.29 is 14.6 Å². The van der Waals surface area contributed by atoms with Gasteiger partial charge in [-0.2, -0.15) is 0 Å². The van der Waals surface area contributed by atoms with Crippen molar-refractivity contribution in [1.82, 2.24) is 0 Å². The molecule has 0 spiro atoms. The summed E-state index contributed by atoms with van der Waals surface area (Å²) < 4.78 is 5.09. The molecule has 13 heavy (non-hydrogen) atoms. The van der Waals surface area contributed by atoms with Crippen molar-refractivity contribution in [1.29, 1.82) is 0 Å². The number of carbonyl (C=O) groups is 1. The summed E-state index contributed by atoms with van der Waals surface area (Å²) in [6.45, 7) is 0. The van der Waals surface area contributed by atoms with E-state index in [-0.39, 0.29) is 11.4 Å². The first-order chi connectivity index (χ1) is 6.31. The maximum atomic E-state index is 10.4. The first kappa shape index (κ1) is 7.67. The Morgan fingerprint density at radius 2 is 2.31 bits per heavy atom. The molecule has 2 N–H and O–H groups in total. The molecule has 0 radical (unpaired) electrons. The van der Waals surface area contributed by atoms with Gasteiger partial charge in [-0.15, -0.1) is 0 Å². The van der Waals surface area contributed by atoms with Crippen molar-refractivity contribution in [3.63, 3.8) is 0 Å². The van der Waals surface area contributed by atoms with Gasteiger partial charge in [-0.05, 0) is 12.1 Å². The van der Waals surface area contributed by atoms with Gasteiger partial charge < -0.3 is 15.2 Å². The van der Waals surface area contributed by atoms with Crippen LogP contribution in [0.4, 0.5) is 5.69 Å². The van der Waals surface area contributed by atoms with Crippen LogP contribution >= 0.6 is 0 Å². The van der Waals surface area contributed by atoms with E-state index >= 15 is 0 Å². The summed E-state index contributed by atoms with van der Waals surface area (Å²) in [7, 11) is 0. The maximum absolute atomic E-state index is 10.4. The number of aromatic hydroxyl groups is 1. The molecule has 4 nitrogen and oxygen atoms in total. The van der Waals surface area contributed by atoms with E-state index < -0.39 is 0 Å². The third-order valence-corrected chi connectivity index (χ3v) is 1.71. The van der Waals surface area contributed by atoms with Crippen LogP contribution in [0.15, 0.2) is 30.2 Å². The number of ether oxygens (including phenoxy) is 1. The van der Waals surface area contributed by atoms with Gasteiger partial charge in [0, 0.05) is 0 Å². The summed E-state index contributed by atoms with van der Waals surface area (Å²) in [6, 6.07) is 4.87. The van der Waals surface area contributed by atoms with Crippen molar-refractivity contribution in [2.75, 3.05) is 5.32 Å². The lowest BCUT2D eigenvalue weighted by Gasteiger charge is -2.16. The standard InChI is InChI=1S/C9H7NO3/c11-4-6-5-13-8-3-1-2-7(12)9(8)10-6/h1-5,10,12H. The second-order valence-corrected chi connectivity index (χ2v) is 2.58. The van der Waals surface area contributed by atoms with Gasteiger partial charge in [-0.1, -0.05) is 6.07 Å². The number of phenolic OH excluding ortho intramolecular Hbond substituents is 1. The number of nitrogens with one attached hydrogen (secondary N) is 1. The average molecular weight is 177 g/mol. The lowest BCUT2D eigenvalue weighted by Crippen LogP contribution is -2.08. The molecule has 0 bridgehead atoms. The van der Waals surface area contributed by atoms with Crippen molar-refractivity contribution in [3.8, 4) is 11.5 Å². The molecule has 1 aromatic carbocycles. The number of hydrogen-bond donors (Lipinski definition) is 2. The Balaban J connectivity index is 2.44. The molecule has 1 aliphatic heterocycles. The van der Waals surface area contributed by atoms with Gasteiger partial charge in [-0.3, -0.25) is 4.79 Å². The van der Waals surface area contributed by atoms with E-state index in [1.807, 2.05) is 0 Å². The van der Waals surface area contributed by atoms with E-state index in [9.17, 15) is 9.90 Å². The SMILES string of the molecule is O=CC1=COc2cccc(O)c2N1. The number of para-hydroxylation sites is 1. The summed E-state index contributed by atoms with van der Waals surface area (Å²) in [4.78, 5) is 10.4. The molecule has 0 unspecified atom stereocenters. The second kappa shape index (κ2) is 2.82. The van der Waals surface area contributed by atoms with Crippen LogP contribution in [-0.4, -0.2) is 11.4 Å². The lowest BCUT2D eigenvalue weighted by molar-refractivity contribution is -0.104. The Morgan fingerprint density at radius 1 is 1.46 bits per heavy atom. The van der Waals surface area contributed by atoms with Crippen LogP contribution in [0.1, 0.15) is 0 Å². The highest BCUT2D eigenvalue weighted by Crippen LogP contribution is 2.36. The summed E-state index contributed by atoms with van der Waals surface area (Å²) >= 11 is 0. The Kier molecular flexibility index (Phi) is 1.66. The van der Waals surface area contributed by atoms with Crippen molar-refractivity contribution in [2.45, 2.75) is 0 Å². The van der Waals surface area contributed by atoms with Crippen LogP contribution < -0.4 is 10.1 Å². The van der Waals surface area contributed by atoms with Gasteiger partial charge >= 0.3 is 0 Å². The van der Waals surface area contributed by atoms with Crippen molar-refractivity contribution in [3.05, 3.63) is 30.2 Å². The largest absolute Gasteiger partial charge is 0.506 e. The molecule has 2 rings (SSSR count). The smallest absolute Gasteiger partial charge is 0.169 e. The lowest BCUT2D eigenvalue weighted by atomic mass is 10.2. The van der Waals surface area contributed by atoms with Crippen LogP contribution in [0, 0.1) is 0 Å². The molecule has 0 amide bonds. The third-order valence-electron chi connectivity index (χ3n) is 1.71. The minimum absolute atomic E-state index is 0.0601. The predicted molar refractivity (Wildman–Crippen MR) is 46.5 cm³/mol. The maximum Gasteiger partial charge on any atom is 0.169 e. The number of anilines is 1. The minimum atomic E-state index is 0.0601. The van der Waals surface area contributed by atoms with E-state index in [0.29, 0.717) is 17.7 Å². The molecule has 0 aliphatic carbocycles. The van der Waals surface area contributed by atoms with Gasteiger partial charge in [-0.25, -0.2) is 0 Å². The van der Waals surface area contributed by atoms with Gasteiger partial charge in [0.05, 0.1) is 0 Å². The van der Waals surface area contributed by atoms with Crippen molar-refractivity contribution in [2.24, 2.45) is 0 Å². The average Bonchev–Trinajstić information content (AvgIpc) is 2.18. The predicted octanol–water partition coefficient (Wildman–Crippen LogP) is 1.24. The number of rotatable bonds is 1. The zero-order valence-electron chi connectivity index (χ0n) is 6.65. The number of carbonyl (C=O) groups excluding carboxylic acids is 1. The van der Waals surface area contributed by atoms with E-state index in [1.54, 1.807) is 12.1 Å². The highest BCUT2D eigenvalue weighted by molar-refractivity contribution is 5.83. The monoisotopic (exact) mass is 177 g/mol. The zero-order valence-corrected chi connectivity index (χ0v) is 6.65. The van der Waals surface area contributed by atoms with Crippen LogP contribution in [0.3, 0.4) is 0 Å². The fourth-order valence-electron chi connectivity index (χ4n) is 1.10. The molecule has 0 atom stereocenters. The van der Waals surface area contributed by atoms with Gasteiger partial charge in [0.2, 0.25) is 0 Å². The normalized spacial score (nSPS) is 13.4. The molecule has 0 fully saturated rings. The number of aldehydes is 1. The van der Waals surface area contributed by atoms with E-state index in [1.165, 1.54) is 12.3 Å². The molecule has 1 aromatic rings. The van der Waals surface area contributed by atoms with Gasteiger partial charge in [0.25, 0.3) is 0 Å². The molecule has 0 aromatic heterocycles. The number of benzene rings is 1. The van der Waals surface area contributed by atoms with E-state index in [4.69, 9.17) is 4.74 Å². The Bertz CT molecular complexity index is 384. The highest BCUT2D eigenvalue weighted by atomic mass is 16.5. The second-order valence-electron chi connectivity index (χ2n) is 2.58. The Morgan fingerprint density at radius 3 is 3.08 bits per heavy atom. The van der Waals surface area contributed by atoms with Gasteiger partial charge in [0.1, 0.15) is 23.4 Å².